The minimum atomic E-state index is -0.565. The highest BCUT2D eigenvalue weighted by Gasteiger charge is 2.41. The summed E-state index contributed by atoms with van der Waals surface area (Å²) in [4.78, 5) is 39.5. The normalized spacial score (nSPS) is 18.5. The van der Waals surface area contributed by atoms with Crippen LogP contribution >= 0.6 is 0 Å². The van der Waals surface area contributed by atoms with E-state index in [0.717, 1.165) is 11.1 Å². The van der Waals surface area contributed by atoms with Crippen LogP contribution in [0.4, 0.5) is 5.82 Å². The first-order chi connectivity index (χ1) is 12.0. The Kier molecular flexibility index (Phi) is 3.38. The van der Waals surface area contributed by atoms with Crippen LogP contribution in [0, 0.1) is 6.92 Å². The molecule has 4 rings (SSSR count). The smallest absolute Gasteiger partial charge is 0.337 e. The van der Waals surface area contributed by atoms with E-state index in [0.29, 0.717) is 29.2 Å². The Morgan fingerprint density at radius 1 is 1.24 bits per heavy atom. The van der Waals surface area contributed by atoms with Crippen molar-refractivity contribution in [3.05, 3.63) is 73.1 Å². The molecule has 7 nitrogen and oxygen atoms in total. The summed E-state index contributed by atoms with van der Waals surface area (Å²) < 4.78 is 6.66. The summed E-state index contributed by atoms with van der Waals surface area (Å²) in [6.45, 7) is 4.26. The molecule has 2 N–H and O–H groups in total. The zero-order valence-corrected chi connectivity index (χ0v) is 13.9. The average Bonchev–Trinajstić information content (AvgIpc) is 2.95. The molecule has 25 heavy (non-hydrogen) atoms. The zero-order chi connectivity index (χ0) is 17.7. The Balaban J connectivity index is 2.09. The number of aromatic amines is 1. The highest BCUT2D eigenvalue weighted by molar-refractivity contribution is 5.97. The lowest BCUT2D eigenvalue weighted by Crippen LogP contribution is -2.38. The summed E-state index contributed by atoms with van der Waals surface area (Å²) in [7, 11) is 0. The van der Waals surface area contributed by atoms with Crippen molar-refractivity contribution >= 4 is 11.8 Å². The molecule has 2 aromatic rings. The number of esters is 1. The number of nitrogens with one attached hydrogen (secondary N) is 2. The predicted octanol–water partition coefficient (Wildman–Crippen LogP) is 1.23. The fraction of sp³-hybridized carbons (Fsp3) is 0.278. The Morgan fingerprint density at radius 2 is 2.00 bits per heavy atom. The maximum Gasteiger partial charge on any atom is 0.337 e. The quantitative estimate of drug-likeness (QED) is 0.803. The van der Waals surface area contributed by atoms with E-state index < -0.39 is 23.1 Å². The SMILES string of the molecule is CCn1c2c(c(=O)[nH]c1=O)[C@@H](c1ccccc1C)C1=C(COC1=O)N2. The van der Waals surface area contributed by atoms with Crippen LogP contribution in [0.2, 0.25) is 0 Å². The molecule has 1 aromatic heterocycles. The number of hydrogen-bond acceptors (Lipinski definition) is 5. The summed E-state index contributed by atoms with van der Waals surface area (Å²) in [6.07, 6.45) is 0. The van der Waals surface area contributed by atoms with Crippen molar-refractivity contribution in [1.29, 1.82) is 0 Å². The summed E-state index contributed by atoms with van der Waals surface area (Å²) >= 11 is 0. The minimum Gasteiger partial charge on any atom is -0.456 e. The predicted molar refractivity (Wildman–Crippen MR) is 91.6 cm³/mol. The topological polar surface area (TPSA) is 93.2 Å². The molecule has 0 aliphatic carbocycles. The van der Waals surface area contributed by atoms with Crippen LogP contribution in [0.5, 0.6) is 0 Å². The monoisotopic (exact) mass is 339 g/mol. The molecule has 0 bridgehead atoms. The maximum atomic E-state index is 12.7. The molecule has 7 heteroatoms. The van der Waals surface area contributed by atoms with Crippen molar-refractivity contribution in [2.45, 2.75) is 26.3 Å². The van der Waals surface area contributed by atoms with Crippen molar-refractivity contribution in [3.63, 3.8) is 0 Å². The zero-order valence-electron chi connectivity index (χ0n) is 13.9. The largest absolute Gasteiger partial charge is 0.456 e. The number of hydrogen-bond donors (Lipinski definition) is 2. The Labute approximate surface area is 143 Å². The van der Waals surface area contributed by atoms with Crippen LogP contribution < -0.4 is 16.6 Å². The second-order valence-corrected chi connectivity index (χ2v) is 6.15. The molecule has 0 saturated heterocycles. The van der Waals surface area contributed by atoms with E-state index >= 15 is 0 Å². The number of anilines is 1. The first-order valence-electron chi connectivity index (χ1n) is 8.12. The molecule has 0 amide bonds. The number of fused-ring (bicyclic) bond motifs is 1. The second kappa shape index (κ2) is 5.47. The Hall–Kier alpha value is -3.09. The third-order valence-electron chi connectivity index (χ3n) is 4.79. The van der Waals surface area contributed by atoms with Crippen LogP contribution in [-0.4, -0.2) is 22.1 Å². The van der Waals surface area contributed by atoms with E-state index in [1.54, 1.807) is 0 Å². The molecule has 0 fully saturated rings. The molecule has 2 aliphatic rings. The van der Waals surface area contributed by atoms with Gasteiger partial charge in [0.1, 0.15) is 12.4 Å². The summed E-state index contributed by atoms with van der Waals surface area (Å²) in [5.41, 5.74) is 2.26. The maximum absolute atomic E-state index is 12.7. The molecular weight excluding hydrogens is 322 g/mol. The van der Waals surface area contributed by atoms with Crippen molar-refractivity contribution in [3.8, 4) is 0 Å². The van der Waals surface area contributed by atoms with Gasteiger partial charge in [0.05, 0.1) is 22.8 Å². The number of cyclic esters (lactones) is 1. The van der Waals surface area contributed by atoms with Gasteiger partial charge in [-0.05, 0) is 25.0 Å². The number of ether oxygens (including phenoxy) is 1. The number of carbonyl (C=O) groups excluding carboxylic acids is 1. The number of aromatic nitrogens is 2. The fourth-order valence-corrected chi connectivity index (χ4v) is 3.61. The molecule has 0 saturated carbocycles. The van der Waals surface area contributed by atoms with Gasteiger partial charge in [-0.1, -0.05) is 24.3 Å². The first-order valence-corrected chi connectivity index (χ1v) is 8.12. The van der Waals surface area contributed by atoms with Gasteiger partial charge in [0, 0.05) is 6.54 Å². The van der Waals surface area contributed by atoms with Gasteiger partial charge in [0.2, 0.25) is 0 Å². The van der Waals surface area contributed by atoms with Gasteiger partial charge in [-0.2, -0.15) is 0 Å². The highest BCUT2D eigenvalue weighted by atomic mass is 16.5. The molecule has 0 radical (unpaired) electrons. The molecule has 128 valence electrons. The number of benzene rings is 1. The second-order valence-electron chi connectivity index (χ2n) is 6.15. The number of nitrogens with zero attached hydrogens (tertiary/aromatic N) is 1. The lowest BCUT2D eigenvalue weighted by molar-refractivity contribution is -0.136. The van der Waals surface area contributed by atoms with Crippen LogP contribution in [0.1, 0.15) is 29.5 Å². The Morgan fingerprint density at radius 3 is 2.72 bits per heavy atom. The summed E-state index contributed by atoms with van der Waals surface area (Å²) in [5, 5.41) is 3.09. The third kappa shape index (κ3) is 2.15. The number of H-pyrrole nitrogens is 1. The first kappa shape index (κ1) is 15.4. The van der Waals surface area contributed by atoms with Crippen molar-refractivity contribution in [2.24, 2.45) is 0 Å². The summed E-state index contributed by atoms with van der Waals surface area (Å²) in [6, 6.07) is 7.60. The van der Waals surface area contributed by atoms with Gasteiger partial charge in [0.15, 0.2) is 0 Å². The standard InChI is InChI=1S/C18H17N3O4/c1-3-21-15-14(16(22)20-18(21)24)12(10-7-5-4-6-9(10)2)13-11(19-15)8-25-17(13)23/h4-7,12,19H,3,8H2,1-2H3,(H,20,22,24)/t12-/m0/s1. The highest BCUT2D eigenvalue weighted by Crippen LogP contribution is 2.42. The molecule has 1 aromatic carbocycles. The van der Waals surface area contributed by atoms with Gasteiger partial charge in [-0.3, -0.25) is 14.3 Å². The minimum absolute atomic E-state index is 0.112. The van der Waals surface area contributed by atoms with Gasteiger partial charge < -0.3 is 10.1 Å². The molecule has 0 unspecified atom stereocenters. The van der Waals surface area contributed by atoms with Crippen molar-refractivity contribution in [2.75, 3.05) is 11.9 Å². The van der Waals surface area contributed by atoms with Crippen molar-refractivity contribution in [1.82, 2.24) is 9.55 Å². The van der Waals surface area contributed by atoms with Crippen LogP contribution in [-0.2, 0) is 16.1 Å². The molecule has 2 aliphatic heterocycles. The molecule has 0 spiro atoms. The van der Waals surface area contributed by atoms with Gasteiger partial charge >= 0.3 is 11.7 Å². The van der Waals surface area contributed by atoms with Gasteiger partial charge in [-0.15, -0.1) is 0 Å². The van der Waals surface area contributed by atoms with E-state index in [1.807, 2.05) is 38.1 Å². The average molecular weight is 339 g/mol. The Bertz CT molecular complexity index is 1050. The van der Waals surface area contributed by atoms with E-state index in [4.69, 9.17) is 4.74 Å². The number of rotatable bonds is 2. The lowest BCUT2D eigenvalue weighted by atomic mass is 9.81. The van der Waals surface area contributed by atoms with E-state index in [9.17, 15) is 14.4 Å². The number of carbonyl (C=O) groups is 1. The lowest BCUT2D eigenvalue weighted by Gasteiger charge is -2.28. The van der Waals surface area contributed by atoms with Crippen molar-refractivity contribution < 1.29 is 9.53 Å². The summed E-state index contributed by atoms with van der Waals surface area (Å²) in [5.74, 6) is -0.568. The molecular formula is C18H17N3O4. The van der Waals surface area contributed by atoms with E-state index in [1.165, 1.54) is 4.57 Å². The van der Waals surface area contributed by atoms with Gasteiger partial charge in [-0.25, -0.2) is 9.59 Å². The van der Waals surface area contributed by atoms with E-state index in [2.05, 4.69) is 10.3 Å². The number of aryl methyl sites for hydroxylation is 1. The van der Waals surface area contributed by atoms with Crippen LogP contribution in [0.15, 0.2) is 45.1 Å². The van der Waals surface area contributed by atoms with Gasteiger partial charge in [0.25, 0.3) is 5.56 Å². The van der Waals surface area contributed by atoms with Crippen LogP contribution in [0.25, 0.3) is 0 Å². The molecule has 1 atom stereocenters. The molecule has 3 heterocycles. The third-order valence-corrected chi connectivity index (χ3v) is 4.79. The van der Waals surface area contributed by atoms with Crippen LogP contribution in [0.3, 0.4) is 0 Å². The fourth-order valence-electron chi connectivity index (χ4n) is 3.61. The van der Waals surface area contributed by atoms with E-state index in [-0.39, 0.29) is 6.61 Å².